The van der Waals surface area contributed by atoms with Crippen LogP contribution in [0.2, 0.25) is 0 Å². The number of aromatic amines is 1. The van der Waals surface area contributed by atoms with Gasteiger partial charge < -0.3 is 10.3 Å². The van der Waals surface area contributed by atoms with Crippen LogP contribution in [-0.2, 0) is 4.79 Å². The maximum absolute atomic E-state index is 11.5. The van der Waals surface area contributed by atoms with Crippen molar-refractivity contribution < 1.29 is 4.79 Å². The van der Waals surface area contributed by atoms with Gasteiger partial charge in [-0.15, -0.1) is 0 Å². The first kappa shape index (κ1) is 8.47. The molecule has 3 rings (SSSR count). The summed E-state index contributed by atoms with van der Waals surface area (Å²) < 4.78 is 0. The zero-order chi connectivity index (χ0) is 10.3. The Kier molecular flexibility index (Phi) is 1.74. The van der Waals surface area contributed by atoms with Gasteiger partial charge in [-0.05, 0) is 31.0 Å². The Morgan fingerprint density at radius 2 is 2.33 bits per heavy atom. The van der Waals surface area contributed by atoms with E-state index >= 15 is 0 Å². The third-order valence-electron chi connectivity index (χ3n) is 2.64. The lowest BCUT2D eigenvalue weighted by Gasteiger charge is -2.03. The van der Waals surface area contributed by atoms with Crippen molar-refractivity contribution in [3.8, 4) is 0 Å². The van der Waals surface area contributed by atoms with Gasteiger partial charge in [-0.2, -0.15) is 0 Å². The molecule has 0 unspecified atom stereocenters. The molecule has 4 heteroatoms. The van der Waals surface area contributed by atoms with Crippen molar-refractivity contribution in [2.24, 2.45) is 5.92 Å². The van der Waals surface area contributed by atoms with Crippen molar-refractivity contribution in [1.82, 2.24) is 9.97 Å². The van der Waals surface area contributed by atoms with Crippen LogP contribution in [0.5, 0.6) is 0 Å². The molecule has 1 amide bonds. The molecule has 1 heterocycles. The first-order valence-corrected chi connectivity index (χ1v) is 5.07. The molecule has 76 valence electrons. The van der Waals surface area contributed by atoms with Crippen LogP contribution in [0.15, 0.2) is 24.5 Å². The van der Waals surface area contributed by atoms with E-state index in [9.17, 15) is 4.79 Å². The number of amides is 1. The topological polar surface area (TPSA) is 57.8 Å². The van der Waals surface area contributed by atoms with E-state index in [-0.39, 0.29) is 11.8 Å². The summed E-state index contributed by atoms with van der Waals surface area (Å²) in [7, 11) is 0. The van der Waals surface area contributed by atoms with Gasteiger partial charge in [-0.3, -0.25) is 4.79 Å². The number of rotatable bonds is 2. The molecule has 0 radical (unpaired) electrons. The molecule has 15 heavy (non-hydrogen) atoms. The van der Waals surface area contributed by atoms with Crippen molar-refractivity contribution in [2.75, 3.05) is 5.32 Å². The van der Waals surface area contributed by atoms with Gasteiger partial charge in [-0.1, -0.05) is 0 Å². The number of fused-ring (bicyclic) bond motifs is 1. The first-order chi connectivity index (χ1) is 7.33. The molecule has 0 bridgehead atoms. The molecule has 0 spiro atoms. The second kappa shape index (κ2) is 3.08. The van der Waals surface area contributed by atoms with Crippen LogP contribution in [0, 0.1) is 5.92 Å². The number of imidazole rings is 1. The van der Waals surface area contributed by atoms with Crippen molar-refractivity contribution in [3.63, 3.8) is 0 Å². The summed E-state index contributed by atoms with van der Waals surface area (Å²) in [6.45, 7) is 0. The van der Waals surface area contributed by atoms with Crippen molar-refractivity contribution >= 4 is 22.6 Å². The first-order valence-electron chi connectivity index (χ1n) is 5.07. The van der Waals surface area contributed by atoms with E-state index in [1.807, 2.05) is 18.2 Å². The highest BCUT2D eigenvalue weighted by atomic mass is 16.2. The quantitative estimate of drug-likeness (QED) is 0.779. The molecule has 2 aromatic rings. The maximum Gasteiger partial charge on any atom is 0.227 e. The van der Waals surface area contributed by atoms with Crippen LogP contribution in [0.3, 0.4) is 0 Å². The van der Waals surface area contributed by atoms with Crippen LogP contribution < -0.4 is 5.32 Å². The minimum atomic E-state index is 0.130. The summed E-state index contributed by atoms with van der Waals surface area (Å²) in [5.74, 6) is 0.366. The average molecular weight is 201 g/mol. The Morgan fingerprint density at radius 1 is 1.47 bits per heavy atom. The van der Waals surface area contributed by atoms with E-state index in [0.717, 1.165) is 29.6 Å². The summed E-state index contributed by atoms with van der Waals surface area (Å²) in [4.78, 5) is 18.7. The van der Waals surface area contributed by atoms with Gasteiger partial charge >= 0.3 is 0 Å². The fraction of sp³-hybridized carbons (Fsp3) is 0.273. The van der Waals surface area contributed by atoms with Crippen LogP contribution >= 0.6 is 0 Å². The molecule has 1 aliphatic rings. The standard InChI is InChI=1S/C11H11N3O/c15-11(7-1-2-7)14-8-3-4-9-10(5-8)13-6-12-9/h3-7H,1-2H2,(H,12,13)(H,14,15). The summed E-state index contributed by atoms with van der Waals surface area (Å²) in [5.41, 5.74) is 2.69. The normalized spacial score (nSPS) is 15.5. The lowest BCUT2D eigenvalue weighted by atomic mass is 10.2. The van der Waals surface area contributed by atoms with E-state index in [2.05, 4.69) is 15.3 Å². The predicted octanol–water partition coefficient (Wildman–Crippen LogP) is 1.91. The van der Waals surface area contributed by atoms with Gasteiger partial charge in [0.05, 0.1) is 17.4 Å². The maximum atomic E-state index is 11.5. The van der Waals surface area contributed by atoms with Crippen LogP contribution in [0.25, 0.3) is 11.0 Å². The Bertz CT molecular complexity index is 513. The molecular formula is C11H11N3O. The molecule has 0 aliphatic heterocycles. The van der Waals surface area contributed by atoms with Gasteiger partial charge in [0.2, 0.25) is 5.91 Å². The Balaban J connectivity index is 1.86. The minimum absolute atomic E-state index is 0.130. The number of hydrogen-bond donors (Lipinski definition) is 2. The van der Waals surface area contributed by atoms with Crippen LogP contribution in [-0.4, -0.2) is 15.9 Å². The van der Waals surface area contributed by atoms with E-state index in [1.165, 1.54) is 0 Å². The number of aromatic nitrogens is 2. The molecule has 1 aliphatic carbocycles. The number of carbonyl (C=O) groups excluding carboxylic acids is 1. The molecule has 0 atom stereocenters. The van der Waals surface area contributed by atoms with Crippen molar-refractivity contribution in [3.05, 3.63) is 24.5 Å². The summed E-state index contributed by atoms with van der Waals surface area (Å²) in [6.07, 6.45) is 3.70. The Labute approximate surface area is 86.7 Å². The molecule has 1 saturated carbocycles. The largest absolute Gasteiger partial charge is 0.345 e. The number of hydrogen-bond acceptors (Lipinski definition) is 2. The Hall–Kier alpha value is -1.84. The fourth-order valence-corrected chi connectivity index (χ4v) is 1.60. The predicted molar refractivity (Wildman–Crippen MR) is 57.4 cm³/mol. The van der Waals surface area contributed by atoms with E-state index in [1.54, 1.807) is 6.33 Å². The molecule has 0 saturated heterocycles. The third-order valence-corrected chi connectivity index (χ3v) is 2.64. The molecular weight excluding hydrogens is 190 g/mol. The van der Waals surface area contributed by atoms with Gasteiger partial charge in [0.15, 0.2) is 0 Å². The highest BCUT2D eigenvalue weighted by Gasteiger charge is 2.29. The minimum Gasteiger partial charge on any atom is -0.345 e. The van der Waals surface area contributed by atoms with Crippen LogP contribution in [0.4, 0.5) is 5.69 Å². The Morgan fingerprint density at radius 3 is 3.13 bits per heavy atom. The summed E-state index contributed by atoms with van der Waals surface area (Å²) >= 11 is 0. The highest BCUT2D eigenvalue weighted by molar-refractivity contribution is 5.95. The molecule has 1 fully saturated rings. The van der Waals surface area contributed by atoms with Gasteiger partial charge in [-0.25, -0.2) is 4.98 Å². The molecule has 2 N–H and O–H groups in total. The van der Waals surface area contributed by atoms with Crippen molar-refractivity contribution in [2.45, 2.75) is 12.8 Å². The lowest BCUT2D eigenvalue weighted by molar-refractivity contribution is -0.117. The van der Waals surface area contributed by atoms with E-state index < -0.39 is 0 Å². The fourth-order valence-electron chi connectivity index (χ4n) is 1.60. The number of H-pyrrole nitrogens is 1. The number of benzene rings is 1. The zero-order valence-corrected chi connectivity index (χ0v) is 8.16. The second-order valence-electron chi connectivity index (χ2n) is 3.90. The molecule has 1 aromatic heterocycles. The number of anilines is 1. The number of nitrogens with one attached hydrogen (secondary N) is 2. The number of nitrogens with zero attached hydrogens (tertiary/aromatic N) is 1. The smallest absolute Gasteiger partial charge is 0.227 e. The summed E-state index contributed by atoms with van der Waals surface area (Å²) in [6, 6.07) is 5.69. The SMILES string of the molecule is O=C(Nc1ccc2[nH]cnc2c1)C1CC1. The highest BCUT2D eigenvalue weighted by Crippen LogP contribution is 2.30. The third kappa shape index (κ3) is 1.58. The van der Waals surface area contributed by atoms with Gasteiger partial charge in [0.25, 0.3) is 0 Å². The molecule has 1 aromatic carbocycles. The zero-order valence-electron chi connectivity index (χ0n) is 8.16. The van der Waals surface area contributed by atoms with Gasteiger partial charge in [0, 0.05) is 11.6 Å². The van der Waals surface area contributed by atoms with Crippen LogP contribution in [0.1, 0.15) is 12.8 Å². The van der Waals surface area contributed by atoms with E-state index in [4.69, 9.17) is 0 Å². The van der Waals surface area contributed by atoms with E-state index in [0.29, 0.717) is 0 Å². The number of carbonyl (C=O) groups is 1. The average Bonchev–Trinajstić information content (AvgIpc) is 2.98. The lowest BCUT2D eigenvalue weighted by Crippen LogP contribution is -2.12. The monoisotopic (exact) mass is 201 g/mol. The van der Waals surface area contributed by atoms with Gasteiger partial charge in [0.1, 0.15) is 0 Å². The van der Waals surface area contributed by atoms with Crippen molar-refractivity contribution in [1.29, 1.82) is 0 Å². The summed E-state index contributed by atoms with van der Waals surface area (Å²) in [5, 5.41) is 2.89. The second-order valence-corrected chi connectivity index (χ2v) is 3.90. The molecule has 4 nitrogen and oxygen atoms in total.